The highest BCUT2D eigenvalue weighted by molar-refractivity contribution is 7.99. The maximum absolute atomic E-state index is 13.2. The molecule has 3 rings (SSSR count). The van der Waals surface area contributed by atoms with Crippen molar-refractivity contribution in [3.8, 4) is 17.1 Å². The molecule has 1 aromatic heterocycles. The van der Waals surface area contributed by atoms with Crippen molar-refractivity contribution >= 4 is 11.8 Å². The van der Waals surface area contributed by atoms with E-state index in [1.54, 1.807) is 18.2 Å². The molecule has 0 spiro atoms. The van der Waals surface area contributed by atoms with E-state index < -0.39 is 6.10 Å². The second-order valence-corrected chi connectivity index (χ2v) is 7.80. The standard InChI is InChI=1S/C22H24FN3O2S/c1-4-9-26-21(17-5-7-18(23)8-6-17)24-25-22(26)29-14-19(27)13-28-20-11-15(2)10-16(3)12-20/h4-8,10-12,19,27H,1,9,13-14H2,2-3H3/t19-/m1/s1. The number of aliphatic hydroxyl groups excluding tert-OH is 1. The number of benzene rings is 2. The van der Waals surface area contributed by atoms with E-state index in [0.717, 1.165) is 22.4 Å². The Balaban J connectivity index is 1.63. The summed E-state index contributed by atoms with van der Waals surface area (Å²) in [5, 5.41) is 19.4. The molecule has 0 aliphatic heterocycles. The summed E-state index contributed by atoms with van der Waals surface area (Å²) in [4.78, 5) is 0. The second-order valence-electron chi connectivity index (χ2n) is 6.81. The fraction of sp³-hybridized carbons (Fsp3) is 0.273. The molecule has 1 heterocycles. The van der Waals surface area contributed by atoms with Crippen molar-refractivity contribution in [1.82, 2.24) is 14.8 Å². The van der Waals surface area contributed by atoms with Gasteiger partial charge < -0.3 is 9.84 Å². The third-order valence-corrected chi connectivity index (χ3v) is 5.29. The van der Waals surface area contributed by atoms with Crippen molar-refractivity contribution < 1.29 is 14.2 Å². The Kier molecular flexibility index (Phi) is 7.06. The average Bonchev–Trinajstić information content (AvgIpc) is 3.07. The minimum absolute atomic E-state index is 0.191. The minimum atomic E-state index is -0.663. The lowest BCUT2D eigenvalue weighted by Gasteiger charge is -2.13. The lowest BCUT2D eigenvalue weighted by molar-refractivity contribution is 0.126. The normalized spacial score (nSPS) is 12.0. The Bertz CT molecular complexity index is 952. The fourth-order valence-electron chi connectivity index (χ4n) is 2.93. The van der Waals surface area contributed by atoms with Gasteiger partial charge in [0.2, 0.25) is 0 Å². The zero-order valence-electron chi connectivity index (χ0n) is 16.5. The van der Waals surface area contributed by atoms with E-state index in [4.69, 9.17) is 4.74 Å². The molecule has 29 heavy (non-hydrogen) atoms. The van der Waals surface area contributed by atoms with Crippen LogP contribution in [0.2, 0.25) is 0 Å². The molecule has 152 valence electrons. The third kappa shape index (κ3) is 5.68. The molecule has 0 fully saturated rings. The first-order valence-corrected chi connectivity index (χ1v) is 10.3. The molecule has 0 bridgehead atoms. The van der Waals surface area contributed by atoms with Crippen LogP contribution in [-0.4, -0.2) is 38.3 Å². The van der Waals surface area contributed by atoms with Gasteiger partial charge in [0.1, 0.15) is 18.2 Å². The number of nitrogens with zero attached hydrogens (tertiary/aromatic N) is 3. The first-order valence-electron chi connectivity index (χ1n) is 9.28. The van der Waals surface area contributed by atoms with Crippen LogP contribution in [0.4, 0.5) is 4.39 Å². The van der Waals surface area contributed by atoms with Gasteiger partial charge in [-0.1, -0.05) is 23.9 Å². The van der Waals surface area contributed by atoms with Crippen molar-refractivity contribution in [1.29, 1.82) is 0 Å². The predicted molar refractivity (Wildman–Crippen MR) is 114 cm³/mol. The summed E-state index contributed by atoms with van der Waals surface area (Å²) in [5.74, 6) is 1.49. The van der Waals surface area contributed by atoms with Gasteiger partial charge in [-0.15, -0.1) is 16.8 Å². The van der Waals surface area contributed by atoms with Crippen molar-refractivity contribution in [3.05, 3.63) is 72.1 Å². The van der Waals surface area contributed by atoms with Crippen LogP contribution in [-0.2, 0) is 6.54 Å². The summed E-state index contributed by atoms with van der Waals surface area (Å²) in [5.41, 5.74) is 3.01. The Hall–Kier alpha value is -2.64. The number of thioether (sulfide) groups is 1. The minimum Gasteiger partial charge on any atom is -0.491 e. The third-order valence-electron chi connectivity index (χ3n) is 4.17. The average molecular weight is 414 g/mol. The number of halogens is 1. The van der Waals surface area contributed by atoms with E-state index >= 15 is 0 Å². The highest BCUT2D eigenvalue weighted by Crippen LogP contribution is 2.25. The van der Waals surface area contributed by atoms with Gasteiger partial charge >= 0.3 is 0 Å². The Morgan fingerprint density at radius 2 is 1.86 bits per heavy atom. The number of hydrogen-bond donors (Lipinski definition) is 1. The number of aromatic nitrogens is 3. The largest absolute Gasteiger partial charge is 0.491 e. The van der Waals surface area contributed by atoms with Crippen LogP contribution in [0.1, 0.15) is 11.1 Å². The maximum Gasteiger partial charge on any atom is 0.191 e. The summed E-state index contributed by atoms with van der Waals surface area (Å²) in [6.07, 6.45) is 1.09. The number of hydrogen-bond acceptors (Lipinski definition) is 5. The van der Waals surface area contributed by atoms with E-state index in [2.05, 4.69) is 22.8 Å². The van der Waals surface area contributed by atoms with Gasteiger partial charge in [0, 0.05) is 17.9 Å². The molecule has 0 saturated heterocycles. The van der Waals surface area contributed by atoms with Gasteiger partial charge in [-0.25, -0.2) is 4.39 Å². The highest BCUT2D eigenvalue weighted by Gasteiger charge is 2.16. The van der Waals surface area contributed by atoms with Gasteiger partial charge in [0.05, 0.1) is 6.10 Å². The molecule has 2 aromatic carbocycles. The summed E-state index contributed by atoms with van der Waals surface area (Å²) >= 11 is 1.39. The van der Waals surface area contributed by atoms with Crippen LogP contribution in [0.15, 0.2) is 60.3 Å². The van der Waals surface area contributed by atoms with Crippen LogP contribution in [0, 0.1) is 19.7 Å². The van der Waals surface area contributed by atoms with Crippen molar-refractivity contribution in [2.75, 3.05) is 12.4 Å². The molecule has 1 atom stereocenters. The maximum atomic E-state index is 13.2. The van der Waals surface area contributed by atoms with Crippen molar-refractivity contribution in [2.24, 2.45) is 0 Å². The highest BCUT2D eigenvalue weighted by atomic mass is 32.2. The molecule has 5 nitrogen and oxygen atoms in total. The molecule has 0 aliphatic rings. The van der Waals surface area contributed by atoms with Crippen molar-refractivity contribution in [3.63, 3.8) is 0 Å². The first-order chi connectivity index (χ1) is 14.0. The first kappa shape index (κ1) is 21.1. The van der Waals surface area contributed by atoms with Crippen molar-refractivity contribution in [2.45, 2.75) is 31.7 Å². The van der Waals surface area contributed by atoms with E-state index in [9.17, 15) is 9.50 Å². The quantitative estimate of drug-likeness (QED) is 0.416. The van der Waals surface area contributed by atoms with Crippen LogP contribution < -0.4 is 4.74 Å². The topological polar surface area (TPSA) is 60.2 Å². The SMILES string of the molecule is C=CCn1c(SC[C@H](O)COc2cc(C)cc(C)c2)nnc1-c1ccc(F)cc1. The summed E-state index contributed by atoms with van der Waals surface area (Å²) in [7, 11) is 0. The van der Waals surface area contributed by atoms with Crippen LogP contribution >= 0.6 is 11.8 Å². The number of ether oxygens (including phenoxy) is 1. The van der Waals surface area contributed by atoms with Crippen LogP contribution in [0.5, 0.6) is 5.75 Å². The Morgan fingerprint density at radius 1 is 1.17 bits per heavy atom. The predicted octanol–water partition coefficient (Wildman–Crippen LogP) is 4.42. The summed E-state index contributed by atoms with van der Waals surface area (Å²) in [6.45, 7) is 8.51. The fourth-order valence-corrected chi connectivity index (χ4v) is 3.78. The van der Waals surface area contributed by atoms with E-state index in [0.29, 0.717) is 23.3 Å². The molecule has 0 saturated carbocycles. The Labute approximate surface area is 174 Å². The van der Waals surface area contributed by atoms with Gasteiger partial charge in [-0.2, -0.15) is 0 Å². The molecule has 0 aliphatic carbocycles. The van der Waals surface area contributed by atoms with Gasteiger partial charge in [-0.3, -0.25) is 4.57 Å². The lowest BCUT2D eigenvalue weighted by Crippen LogP contribution is -2.20. The van der Waals surface area contributed by atoms with E-state index in [1.807, 2.05) is 30.5 Å². The lowest BCUT2D eigenvalue weighted by atomic mass is 10.1. The van der Waals surface area contributed by atoms with Crippen LogP contribution in [0.3, 0.4) is 0 Å². The number of rotatable bonds is 9. The molecule has 0 amide bonds. The van der Waals surface area contributed by atoms with E-state index in [1.165, 1.54) is 23.9 Å². The monoisotopic (exact) mass is 413 g/mol. The summed E-state index contributed by atoms with van der Waals surface area (Å²) in [6, 6.07) is 12.1. The smallest absolute Gasteiger partial charge is 0.191 e. The Morgan fingerprint density at radius 3 is 2.52 bits per heavy atom. The molecular formula is C22H24FN3O2S. The van der Waals surface area contributed by atoms with Gasteiger partial charge in [0.25, 0.3) is 0 Å². The second kappa shape index (κ2) is 9.71. The van der Waals surface area contributed by atoms with Gasteiger partial charge in [-0.05, 0) is 61.4 Å². The van der Waals surface area contributed by atoms with E-state index in [-0.39, 0.29) is 12.4 Å². The molecule has 1 N–H and O–H groups in total. The number of aliphatic hydroxyl groups is 1. The molecule has 0 radical (unpaired) electrons. The zero-order valence-corrected chi connectivity index (χ0v) is 17.3. The molecule has 3 aromatic rings. The number of allylic oxidation sites excluding steroid dienone is 1. The molecule has 7 heteroatoms. The molecular weight excluding hydrogens is 389 g/mol. The zero-order chi connectivity index (χ0) is 20.8. The van der Waals surface area contributed by atoms with Gasteiger partial charge in [0.15, 0.2) is 11.0 Å². The summed E-state index contributed by atoms with van der Waals surface area (Å²) < 4.78 is 20.8. The number of aryl methyl sites for hydroxylation is 2. The van der Waals surface area contributed by atoms with Crippen LogP contribution in [0.25, 0.3) is 11.4 Å². The molecule has 0 unspecified atom stereocenters.